The standard InChI is InChI=1S/C8H10N4O3/c1-8(2-3-13)11-4-5(12-8)9-7(15)10-6(4)14/h13H,2-3H2,1H3,(H2,9,10,12,14,15). The summed E-state index contributed by atoms with van der Waals surface area (Å²) in [5.74, 6) is 0. The Balaban J connectivity index is 2.73. The normalized spacial score (nSPS) is 23.1. The van der Waals surface area contributed by atoms with Gasteiger partial charge in [0.05, 0.1) is 0 Å². The molecule has 3 N–H and O–H groups in total. The lowest BCUT2D eigenvalue weighted by molar-refractivity contribution is 0.250. The maximum absolute atomic E-state index is 11.3. The third-order valence-electron chi connectivity index (χ3n) is 2.19. The van der Waals surface area contributed by atoms with Crippen molar-refractivity contribution >= 4 is 0 Å². The Labute approximate surface area is 83.2 Å². The van der Waals surface area contributed by atoms with Gasteiger partial charge >= 0.3 is 5.69 Å². The molecule has 1 aromatic rings. The van der Waals surface area contributed by atoms with Crippen molar-refractivity contribution < 1.29 is 5.11 Å². The maximum Gasteiger partial charge on any atom is 0.327 e. The van der Waals surface area contributed by atoms with Crippen molar-refractivity contribution in [2.75, 3.05) is 6.61 Å². The molecule has 1 unspecified atom stereocenters. The molecular formula is C8H10N4O3. The van der Waals surface area contributed by atoms with Gasteiger partial charge in [0.15, 0.2) is 16.5 Å². The van der Waals surface area contributed by atoms with Crippen LogP contribution < -0.4 is 22.1 Å². The number of hydrogen-bond acceptors (Lipinski definition) is 5. The first-order valence-corrected chi connectivity index (χ1v) is 4.47. The lowest BCUT2D eigenvalue weighted by Crippen LogP contribution is -2.46. The van der Waals surface area contributed by atoms with E-state index >= 15 is 0 Å². The van der Waals surface area contributed by atoms with Crippen LogP contribution in [-0.2, 0) is 0 Å². The molecule has 0 fully saturated rings. The number of nitrogens with one attached hydrogen (secondary N) is 2. The van der Waals surface area contributed by atoms with Crippen LogP contribution in [0.5, 0.6) is 0 Å². The lowest BCUT2D eigenvalue weighted by Gasteiger charge is -2.14. The minimum absolute atomic E-state index is 0.0837. The van der Waals surface area contributed by atoms with E-state index < -0.39 is 16.9 Å². The summed E-state index contributed by atoms with van der Waals surface area (Å²) >= 11 is 0. The Morgan fingerprint density at radius 1 is 1.33 bits per heavy atom. The average Bonchev–Trinajstić information content (AvgIpc) is 2.42. The predicted molar refractivity (Wildman–Crippen MR) is 50.1 cm³/mol. The number of rotatable bonds is 2. The second-order valence-corrected chi connectivity index (χ2v) is 3.52. The van der Waals surface area contributed by atoms with E-state index in [4.69, 9.17) is 5.11 Å². The van der Waals surface area contributed by atoms with Crippen LogP contribution in [0.25, 0.3) is 0 Å². The van der Waals surface area contributed by atoms with Crippen LogP contribution in [0.4, 0.5) is 0 Å². The molecule has 1 aliphatic heterocycles. The van der Waals surface area contributed by atoms with Crippen LogP contribution >= 0.6 is 0 Å². The van der Waals surface area contributed by atoms with Gasteiger partial charge in [-0.1, -0.05) is 0 Å². The van der Waals surface area contributed by atoms with Crippen molar-refractivity contribution in [1.29, 1.82) is 0 Å². The van der Waals surface area contributed by atoms with Crippen molar-refractivity contribution in [1.82, 2.24) is 9.97 Å². The Hall–Kier alpha value is -1.76. The summed E-state index contributed by atoms with van der Waals surface area (Å²) in [5, 5.41) is 8.93. The Morgan fingerprint density at radius 3 is 2.73 bits per heavy atom. The molecule has 0 aromatic carbocycles. The van der Waals surface area contributed by atoms with Crippen LogP contribution in [0.2, 0.25) is 0 Å². The van der Waals surface area contributed by atoms with E-state index in [-0.39, 0.29) is 17.5 Å². The summed E-state index contributed by atoms with van der Waals surface area (Å²) in [6.07, 6.45) is 0.309. The van der Waals surface area contributed by atoms with Gasteiger partial charge in [-0.25, -0.2) is 14.8 Å². The van der Waals surface area contributed by atoms with Crippen molar-refractivity contribution in [3.8, 4) is 0 Å². The van der Waals surface area contributed by atoms with Crippen molar-refractivity contribution in [3.63, 3.8) is 0 Å². The van der Waals surface area contributed by atoms with Gasteiger partial charge in [-0.2, -0.15) is 0 Å². The number of aromatic nitrogens is 2. The van der Waals surface area contributed by atoms with E-state index in [1.165, 1.54) is 0 Å². The number of hydrogen-bond donors (Lipinski definition) is 3. The van der Waals surface area contributed by atoms with Crippen LogP contribution in [0.3, 0.4) is 0 Å². The highest BCUT2D eigenvalue weighted by molar-refractivity contribution is 4.95. The fraction of sp³-hybridized carbons (Fsp3) is 0.500. The van der Waals surface area contributed by atoms with Gasteiger partial charge in [0, 0.05) is 13.0 Å². The largest absolute Gasteiger partial charge is 0.396 e. The maximum atomic E-state index is 11.3. The topological polar surface area (TPSA) is 111 Å². The molecule has 15 heavy (non-hydrogen) atoms. The second kappa shape index (κ2) is 3.13. The quantitative estimate of drug-likeness (QED) is 0.498. The molecule has 80 valence electrons. The second-order valence-electron chi connectivity index (χ2n) is 3.52. The molecule has 0 saturated carbocycles. The monoisotopic (exact) mass is 210 g/mol. The van der Waals surface area contributed by atoms with Crippen molar-refractivity contribution in [2.45, 2.75) is 19.0 Å². The molecule has 0 spiro atoms. The van der Waals surface area contributed by atoms with Gasteiger partial charge in [-0.3, -0.25) is 14.8 Å². The van der Waals surface area contributed by atoms with E-state index in [0.717, 1.165) is 0 Å². The first kappa shape index (κ1) is 9.78. The molecule has 0 saturated heterocycles. The van der Waals surface area contributed by atoms with Gasteiger partial charge in [0.2, 0.25) is 0 Å². The van der Waals surface area contributed by atoms with Crippen LogP contribution in [0.15, 0.2) is 19.6 Å². The number of aliphatic hydroxyl groups excluding tert-OH is 1. The Kier molecular flexibility index (Phi) is 2.04. The Morgan fingerprint density at radius 2 is 2.07 bits per heavy atom. The first-order valence-electron chi connectivity index (χ1n) is 4.47. The minimum Gasteiger partial charge on any atom is -0.396 e. The van der Waals surface area contributed by atoms with E-state index in [0.29, 0.717) is 6.42 Å². The highest BCUT2D eigenvalue weighted by atomic mass is 16.3. The molecule has 0 bridgehead atoms. The van der Waals surface area contributed by atoms with Crippen LogP contribution in [0, 0.1) is 0 Å². The van der Waals surface area contributed by atoms with Gasteiger partial charge in [0.25, 0.3) is 5.56 Å². The number of nitrogens with zero attached hydrogens (tertiary/aromatic N) is 2. The van der Waals surface area contributed by atoms with Crippen molar-refractivity contribution in [2.24, 2.45) is 9.98 Å². The molecule has 0 amide bonds. The van der Waals surface area contributed by atoms with E-state index in [1.54, 1.807) is 6.92 Å². The highest BCUT2D eigenvalue weighted by Crippen LogP contribution is 2.15. The first-order chi connectivity index (χ1) is 7.04. The molecule has 1 aliphatic rings. The summed E-state index contributed by atoms with van der Waals surface area (Å²) in [6, 6.07) is 0. The zero-order chi connectivity index (χ0) is 11.1. The Bertz CT molecular complexity index is 614. The number of aliphatic hydroxyl groups is 1. The fourth-order valence-corrected chi connectivity index (χ4v) is 1.48. The van der Waals surface area contributed by atoms with Crippen molar-refractivity contribution in [3.05, 3.63) is 31.7 Å². The third-order valence-corrected chi connectivity index (χ3v) is 2.19. The van der Waals surface area contributed by atoms with E-state index in [1.807, 2.05) is 0 Å². The van der Waals surface area contributed by atoms with Gasteiger partial charge < -0.3 is 5.11 Å². The summed E-state index contributed by atoms with van der Waals surface area (Å²) < 4.78 is 0. The molecule has 2 heterocycles. The summed E-state index contributed by atoms with van der Waals surface area (Å²) in [7, 11) is 0. The predicted octanol–water partition coefficient (Wildman–Crippen LogP) is -2.59. The zero-order valence-corrected chi connectivity index (χ0v) is 8.07. The van der Waals surface area contributed by atoms with Gasteiger partial charge in [0.1, 0.15) is 0 Å². The molecule has 0 aliphatic carbocycles. The molecule has 1 atom stereocenters. The summed E-state index contributed by atoms with van der Waals surface area (Å²) in [6.45, 7) is 1.60. The number of aromatic amines is 2. The molecule has 7 nitrogen and oxygen atoms in total. The smallest absolute Gasteiger partial charge is 0.327 e. The number of fused-ring (bicyclic) bond motifs is 1. The SMILES string of the molecule is CC1(CCO)N=c2[nH]c(=O)[nH]c(=O)c2=N1. The summed E-state index contributed by atoms with van der Waals surface area (Å²) in [5.41, 5.74) is -1.83. The third kappa shape index (κ3) is 1.61. The summed E-state index contributed by atoms with van der Waals surface area (Å²) in [4.78, 5) is 34.9. The molecule has 1 aromatic heterocycles. The fourth-order valence-electron chi connectivity index (χ4n) is 1.48. The molecular weight excluding hydrogens is 200 g/mol. The van der Waals surface area contributed by atoms with E-state index in [2.05, 4.69) is 20.0 Å². The minimum atomic E-state index is -0.853. The molecule has 2 rings (SSSR count). The zero-order valence-electron chi connectivity index (χ0n) is 8.07. The highest BCUT2D eigenvalue weighted by Gasteiger charge is 2.25. The number of H-pyrrole nitrogens is 2. The average molecular weight is 210 g/mol. The molecule has 0 radical (unpaired) electrons. The van der Waals surface area contributed by atoms with Gasteiger partial charge in [-0.05, 0) is 6.92 Å². The van der Waals surface area contributed by atoms with Crippen LogP contribution in [-0.4, -0.2) is 27.3 Å². The van der Waals surface area contributed by atoms with Crippen LogP contribution in [0.1, 0.15) is 13.3 Å². The van der Waals surface area contributed by atoms with Gasteiger partial charge in [-0.15, -0.1) is 0 Å². The molecule has 7 heteroatoms. The lowest BCUT2D eigenvalue weighted by atomic mass is 10.1. The van der Waals surface area contributed by atoms with E-state index in [9.17, 15) is 9.59 Å².